The Balaban J connectivity index is 1.63. The van der Waals surface area contributed by atoms with Gasteiger partial charge in [0.15, 0.2) is 11.6 Å². The quantitative estimate of drug-likeness (QED) is 0.365. The maximum absolute atomic E-state index is 13.3. The molecule has 1 aliphatic rings. The Kier molecular flexibility index (Phi) is 8.28. The molecular formula is C24H29ClF3N7O3S. The summed E-state index contributed by atoms with van der Waals surface area (Å²) in [5.74, 6) is -0.351. The SMILES string of the molecule is CC(C)S(=O)(=O)c1nn(C)cc1Nc1nc(Nc2ccc(C3CCN(C)CC3)cc2OC(F)(F)F)ncc1Cl. The van der Waals surface area contributed by atoms with Crippen LogP contribution in [0.5, 0.6) is 5.75 Å². The Hall–Kier alpha value is -3.10. The predicted octanol–water partition coefficient (Wildman–Crippen LogP) is 5.24. The second kappa shape index (κ2) is 11.2. The molecule has 2 aromatic heterocycles. The molecule has 3 aromatic rings. The van der Waals surface area contributed by atoms with Crippen molar-refractivity contribution in [3.8, 4) is 5.75 Å². The molecule has 1 fully saturated rings. The number of aromatic nitrogens is 4. The van der Waals surface area contributed by atoms with E-state index in [1.807, 2.05) is 7.05 Å². The van der Waals surface area contributed by atoms with E-state index < -0.39 is 27.2 Å². The second-order valence-corrected chi connectivity index (χ2v) is 12.5. The Morgan fingerprint density at radius 3 is 2.46 bits per heavy atom. The van der Waals surface area contributed by atoms with Crippen LogP contribution < -0.4 is 15.4 Å². The van der Waals surface area contributed by atoms with E-state index >= 15 is 0 Å². The van der Waals surface area contributed by atoms with Gasteiger partial charge in [0.25, 0.3) is 0 Å². The van der Waals surface area contributed by atoms with Crippen molar-refractivity contribution in [3.63, 3.8) is 0 Å². The normalized spacial score (nSPS) is 15.5. The molecule has 3 heterocycles. The topological polar surface area (TPSA) is 114 Å². The van der Waals surface area contributed by atoms with Crippen molar-refractivity contribution in [2.45, 2.75) is 49.2 Å². The van der Waals surface area contributed by atoms with E-state index in [-0.39, 0.29) is 39.1 Å². The van der Waals surface area contributed by atoms with Crippen molar-refractivity contribution in [1.29, 1.82) is 0 Å². The van der Waals surface area contributed by atoms with E-state index in [2.05, 4.69) is 35.3 Å². The van der Waals surface area contributed by atoms with Gasteiger partial charge in [0.2, 0.25) is 20.8 Å². The molecule has 0 radical (unpaired) electrons. The molecule has 0 bridgehead atoms. The fourth-order valence-electron chi connectivity index (χ4n) is 4.20. The van der Waals surface area contributed by atoms with Crippen molar-refractivity contribution >= 4 is 44.6 Å². The number of alkyl halides is 3. The minimum absolute atomic E-state index is 0.00160. The second-order valence-electron chi connectivity index (χ2n) is 9.64. The average Bonchev–Trinajstić information content (AvgIpc) is 3.22. The van der Waals surface area contributed by atoms with Crippen molar-refractivity contribution in [1.82, 2.24) is 24.6 Å². The molecule has 1 aromatic carbocycles. The van der Waals surface area contributed by atoms with Gasteiger partial charge in [-0.2, -0.15) is 10.1 Å². The van der Waals surface area contributed by atoms with Crippen LogP contribution in [0.1, 0.15) is 38.2 Å². The highest BCUT2D eigenvalue weighted by atomic mass is 35.5. The standard InChI is InChI=1S/C24H29ClF3N7O3S/c1-14(2)39(36,37)22-19(13-35(4)33-22)30-21-17(25)12-29-23(32-21)31-18-6-5-16(11-20(18)38-24(26,27)28)15-7-9-34(3)10-8-15/h5-6,11-15H,7-10H2,1-4H3,(H2,29,30,31,32). The lowest BCUT2D eigenvalue weighted by atomic mass is 9.89. The van der Waals surface area contributed by atoms with Gasteiger partial charge in [-0.15, -0.1) is 13.2 Å². The third-order valence-corrected chi connectivity index (χ3v) is 8.71. The number of nitrogens with zero attached hydrogens (tertiary/aromatic N) is 5. The van der Waals surface area contributed by atoms with Gasteiger partial charge >= 0.3 is 6.36 Å². The van der Waals surface area contributed by atoms with Gasteiger partial charge in [-0.25, -0.2) is 13.4 Å². The third-order valence-electron chi connectivity index (χ3n) is 6.35. The number of likely N-dealkylation sites (tertiary alicyclic amines) is 1. The average molecular weight is 588 g/mol. The summed E-state index contributed by atoms with van der Waals surface area (Å²) in [4.78, 5) is 10.5. The summed E-state index contributed by atoms with van der Waals surface area (Å²) >= 11 is 6.25. The van der Waals surface area contributed by atoms with Crippen LogP contribution in [-0.2, 0) is 16.9 Å². The van der Waals surface area contributed by atoms with Crippen LogP contribution in [0.3, 0.4) is 0 Å². The number of hydrogen-bond acceptors (Lipinski definition) is 9. The number of nitrogens with one attached hydrogen (secondary N) is 2. The number of piperidine rings is 1. The molecule has 4 rings (SSSR count). The van der Waals surface area contributed by atoms with Crippen LogP contribution in [0.15, 0.2) is 35.6 Å². The number of benzene rings is 1. The number of halogens is 4. The van der Waals surface area contributed by atoms with Crippen LogP contribution in [0.25, 0.3) is 0 Å². The summed E-state index contributed by atoms with van der Waals surface area (Å²) in [5, 5.41) is 8.82. The summed E-state index contributed by atoms with van der Waals surface area (Å²) in [7, 11) is -0.165. The number of ether oxygens (including phenoxy) is 1. The zero-order chi connectivity index (χ0) is 28.5. The van der Waals surface area contributed by atoms with Crippen LogP contribution in [0.4, 0.5) is 36.3 Å². The van der Waals surface area contributed by atoms with Gasteiger partial charge in [-0.3, -0.25) is 4.68 Å². The number of sulfone groups is 1. The Morgan fingerprint density at radius 2 is 1.82 bits per heavy atom. The maximum Gasteiger partial charge on any atom is 0.573 e. The monoisotopic (exact) mass is 587 g/mol. The maximum atomic E-state index is 13.3. The first-order valence-corrected chi connectivity index (χ1v) is 14.1. The van der Waals surface area contributed by atoms with Gasteiger partial charge in [0.1, 0.15) is 5.02 Å². The molecule has 0 aliphatic carbocycles. The van der Waals surface area contributed by atoms with Gasteiger partial charge in [-0.05, 0) is 70.4 Å². The van der Waals surface area contributed by atoms with Gasteiger partial charge in [0, 0.05) is 13.2 Å². The van der Waals surface area contributed by atoms with E-state index in [0.717, 1.165) is 31.5 Å². The van der Waals surface area contributed by atoms with E-state index in [0.29, 0.717) is 0 Å². The van der Waals surface area contributed by atoms with E-state index in [9.17, 15) is 21.6 Å². The molecule has 1 saturated heterocycles. The Morgan fingerprint density at radius 1 is 1.13 bits per heavy atom. The van der Waals surface area contributed by atoms with Gasteiger partial charge in [0.05, 0.1) is 22.8 Å². The molecule has 2 N–H and O–H groups in total. The lowest BCUT2D eigenvalue weighted by Gasteiger charge is -2.29. The van der Waals surface area contributed by atoms with Gasteiger partial charge in [-0.1, -0.05) is 17.7 Å². The molecule has 15 heteroatoms. The highest BCUT2D eigenvalue weighted by molar-refractivity contribution is 7.92. The molecule has 0 spiro atoms. The molecule has 0 amide bonds. The Labute approximate surface area is 229 Å². The predicted molar refractivity (Wildman–Crippen MR) is 142 cm³/mol. The summed E-state index contributed by atoms with van der Waals surface area (Å²) in [6.07, 6.45) is -0.560. The third kappa shape index (κ3) is 6.92. The van der Waals surface area contributed by atoms with E-state index in [1.165, 1.54) is 43.1 Å². The first-order chi connectivity index (χ1) is 18.2. The van der Waals surface area contributed by atoms with Crippen LogP contribution in [0.2, 0.25) is 5.02 Å². The smallest absolute Gasteiger partial charge is 0.404 e. The lowest BCUT2D eigenvalue weighted by Crippen LogP contribution is -2.29. The van der Waals surface area contributed by atoms with E-state index in [4.69, 9.17) is 11.6 Å². The lowest BCUT2D eigenvalue weighted by molar-refractivity contribution is -0.274. The van der Waals surface area contributed by atoms with Crippen molar-refractivity contribution in [3.05, 3.63) is 41.2 Å². The first kappa shape index (κ1) is 28.9. The largest absolute Gasteiger partial charge is 0.573 e. The minimum atomic E-state index is -4.91. The van der Waals surface area contributed by atoms with Crippen LogP contribution >= 0.6 is 11.6 Å². The van der Waals surface area contributed by atoms with Crippen molar-refractivity contribution in [2.24, 2.45) is 7.05 Å². The van der Waals surface area contributed by atoms with Gasteiger partial charge < -0.3 is 20.3 Å². The first-order valence-electron chi connectivity index (χ1n) is 12.2. The van der Waals surface area contributed by atoms with Crippen molar-refractivity contribution < 1.29 is 26.3 Å². The van der Waals surface area contributed by atoms with Crippen molar-refractivity contribution in [2.75, 3.05) is 30.8 Å². The molecule has 0 saturated carbocycles. The van der Waals surface area contributed by atoms with Crippen LogP contribution in [-0.4, -0.2) is 64.8 Å². The molecular weight excluding hydrogens is 559 g/mol. The zero-order valence-electron chi connectivity index (χ0n) is 21.8. The molecule has 0 atom stereocenters. The summed E-state index contributed by atoms with van der Waals surface area (Å²) in [6, 6.07) is 4.64. The number of rotatable bonds is 8. The number of hydrogen-bond donors (Lipinski definition) is 2. The molecule has 212 valence electrons. The highest BCUT2D eigenvalue weighted by Gasteiger charge is 2.33. The minimum Gasteiger partial charge on any atom is -0.404 e. The van der Waals surface area contributed by atoms with Crippen LogP contribution in [0, 0.1) is 0 Å². The molecule has 1 aliphatic heterocycles. The summed E-state index contributed by atoms with van der Waals surface area (Å²) in [6.45, 7) is 4.77. The fraction of sp³-hybridized carbons (Fsp3) is 0.458. The Bertz CT molecular complexity index is 1440. The summed E-state index contributed by atoms with van der Waals surface area (Å²) in [5.41, 5.74) is 0.894. The highest BCUT2D eigenvalue weighted by Crippen LogP contribution is 2.38. The zero-order valence-corrected chi connectivity index (χ0v) is 23.3. The fourth-order valence-corrected chi connectivity index (χ4v) is 5.44. The summed E-state index contributed by atoms with van der Waals surface area (Å²) < 4.78 is 71.0. The molecule has 39 heavy (non-hydrogen) atoms. The molecule has 0 unspecified atom stereocenters. The molecule has 10 nitrogen and oxygen atoms in total. The number of aryl methyl sites for hydroxylation is 1. The number of anilines is 4. The van der Waals surface area contributed by atoms with E-state index in [1.54, 1.807) is 13.1 Å².